The highest BCUT2D eigenvalue weighted by atomic mass is 16.5. The fourth-order valence-electron chi connectivity index (χ4n) is 8.37. The molecule has 4 aliphatic carbocycles. The molecule has 5 nitrogen and oxygen atoms in total. The molecule has 10 atom stereocenters. The van der Waals surface area contributed by atoms with Crippen molar-refractivity contribution in [2.75, 3.05) is 0 Å². The number of hydrogen-bond acceptors (Lipinski definition) is 5. The number of ether oxygens (including phenoxy) is 1. The normalized spacial score (nSPS) is 54.2. The van der Waals surface area contributed by atoms with Crippen molar-refractivity contribution in [3.05, 3.63) is 0 Å². The molecular formula is C23H38O5. The van der Waals surface area contributed by atoms with Crippen LogP contribution in [0.2, 0.25) is 0 Å². The van der Waals surface area contributed by atoms with Gasteiger partial charge in [0, 0.05) is 12.3 Å². The van der Waals surface area contributed by atoms with Crippen molar-refractivity contribution in [1.82, 2.24) is 0 Å². The Hall–Kier alpha value is -0.650. The maximum absolute atomic E-state index is 11.4. The van der Waals surface area contributed by atoms with E-state index in [0.717, 1.165) is 44.9 Å². The van der Waals surface area contributed by atoms with Crippen LogP contribution in [-0.4, -0.2) is 45.2 Å². The zero-order chi connectivity index (χ0) is 20.5. The Morgan fingerprint density at radius 3 is 2.43 bits per heavy atom. The minimum absolute atomic E-state index is 0.0645. The first-order valence-corrected chi connectivity index (χ1v) is 11.3. The molecule has 3 N–H and O–H groups in total. The molecule has 0 amide bonds. The Morgan fingerprint density at radius 1 is 1.07 bits per heavy atom. The lowest BCUT2D eigenvalue weighted by molar-refractivity contribution is -0.209. The van der Waals surface area contributed by atoms with Gasteiger partial charge in [-0.05, 0) is 87.4 Å². The van der Waals surface area contributed by atoms with Gasteiger partial charge in [0.2, 0.25) is 0 Å². The SMILES string of the molecule is CC(=O)O[C@H]1CC[C@@]2(C)[C@@H](CC[C@H]3[C@H]2CC[C@@]2(C)[C@@H]3C[C@@H](O)[C@]2(O)[C@H](C)O)C1. The van der Waals surface area contributed by atoms with E-state index in [1.807, 2.05) is 0 Å². The van der Waals surface area contributed by atoms with E-state index in [4.69, 9.17) is 4.74 Å². The van der Waals surface area contributed by atoms with Crippen molar-refractivity contribution < 1.29 is 24.9 Å². The first kappa shape index (κ1) is 20.6. The second-order valence-corrected chi connectivity index (χ2v) is 10.9. The highest BCUT2D eigenvalue weighted by molar-refractivity contribution is 5.66. The summed E-state index contributed by atoms with van der Waals surface area (Å²) < 4.78 is 5.54. The topological polar surface area (TPSA) is 87.0 Å². The van der Waals surface area contributed by atoms with Crippen LogP contribution in [-0.2, 0) is 9.53 Å². The van der Waals surface area contributed by atoms with Gasteiger partial charge in [0.05, 0.1) is 12.2 Å². The first-order valence-electron chi connectivity index (χ1n) is 11.3. The van der Waals surface area contributed by atoms with E-state index in [9.17, 15) is 20.1 Å². The molecule has 0 unspecified atom stereocenters. The zero-order valence-electron chi connectivity index (χ0n) is 17.9. The summed E-state index contributed by atoms with van der Waals surface area (Å²) in [5, 5.41) is 32.5. The lowest BCUT2D eigenvalue weighted by atomic mass is 9.44. The molecule has 4 rings (SSSR count). The average molecular weight is 395 g/mol. The van der Waals surface area contributed by atoms with Crippen molar-refractivity contribution in [2.24, 2.45) is 34.5 Å². The molecule has 160 valence electrons. The molecule has 0 bridgehead atoms. The van der Waals surface area contributed by atoms with E-state index in [0.29, 0.717) is 24.2 Å². The predicted octanol–water partition coefficient (Wildman–Crippen LogP) is 3.04. The smallest absolute Gasteiger partial charge is 0.302 e. The van der Waals surface area contributed by atoms with Gasteiger partial charge in [0.15, 0.2) is 0 Å². The van der Waals surface area contributed by atoms with Gasteiger partial charge in [-0.15, -0.1) is 0 Å². The third-order valence-electron chi connectivity index (χ3n) is 9.88. The summed E-state index contributed by atoms with van der Waals surface area (Å²) in [6.45, 7) is 7.66. The van der Waals surface area contributed by atoms with Crippen LogP contribution in [0, 0.1) is 34.5 Å². The van der Waals surface area contributed by atoms with Crippen molar-refractivity contribution >= 4 is 5.97 Å². The molecule has 0 saturated heterocycles. The molecule has 0 aliphatic heterocycles. The summed E-state index contributed by atoms with van der Waals surface area (Å²) in [4.78, 5) is 11.4. The van der Waals surface area contributed by atoms with Gasteiger partial charge < -0.3 is 20.1 Å². The number of carbonyl (C=O) groups excluding carboxylic acids is 1. The Balaban J connectivity index is 1.58. The standard InChI is InChI=1S/C23H38O5/c1-13(24)23(27)20(26)12-19-17-6-5-15-11-16(28-14(2)25)7-9-21(15,3)18(17)8-10-22(19,23)4/h13,15-20,24,26-27H,5-12H2,1-4H3/t13-,15-,16-,17-,18+,19+,20+,21-,22-,23+/m0/s1. The predicted molar refractivity (Wildman–Crippen MR) is 105 cm³/mol. The number of carbonyl (C=O) groups is 1. The van der Waals surface area contributed by atoms with Crippen molar-refractivity contribution in [3.8, 4) is 0 Å². The minimum Gasteiger partial charge on any atom is -0.463 e. The van der Waals surface area contributed by atoms with Crippen molar-refractivity contribution in [2.45, 2.75) is 103 Å². The molecule has 0 aromatic carbocycles. The highest BCUT2D eigenvalue weighted by Crippen LogP contribution is 2.68. The maximum Gasteiger partial charge on any atom is 0.302 e. The van der Waals surface area contributed by atoms with Crippen LogP contribution >= 0.6 is 0 Å². The summed E-state index contributed by atoms with van der Waals surface area (Å²) in [6.07, 6.45) is 6.02. The lowest BCUT2D eigenvalue weighted by Gasteiger charge is -2.61. The molecular weight excluding hydrogens is 356 g/mol. The number of aliphatic hydroxyl groups excluding tert-OH is 2. The molecule has 5 heteroatoms. The molecule has 4 fully saturated rings. The van der Waals surface area contributed by atoms with Gasteiger partial charge in [-0.25, -0.2) is 0 Å². The molecule has 0 heterocycles. The van der Waals surface area contributed by atoms with E-state index < -0.39 is 23.2 Å². The minimum atomic E-state index is -1.41. The second kappa shape index (κ2) is 6.68. The van der Waals surface area contributed by atoms with Gasteiger partial charge in [-0.2, -0.15) is 0 Å². The summed E-state index contributed by atoms with van der Waals surface area (Å²) >= 11 is 0. The summed E-state index contributed by atoms with van der Waals surface area (Å²) in [7, 11) is 0. The molecule has 28 heavy (non-hydrogen) atoms. The summed E-state index contributed by atoms with van der Waals surface area (Å²) in [5.41, 5.74) is -1.59. The Morgan fingerprint density at radius 2 is 1.79 bits per heavy atom. The monoisotopic (exact) mass is 394 g/mol. The maximum atomic E-state index is 11.4. The van der Waals surface area contributed by atoms with Crippen molar-refractivity contribution in [1.29, 1.82) is 0 Å². The van der Waals surface area contributed by atoms with Crippen LogP contribution < -0.4 is 0 Å². The second-order valence-electron chi connectivity index (χ2n) is 10.9. The van der Waals surface area contributed by atoms with Crippen molar-refractivity contribution in [3.63, 3.8) is 0 Å². The number of hydrogen-bond donors (Lipinski definition) is 3. The van der Waals surface area contributed by atoms with Crippen LogP contribution in [0.4, 0.5) is 0 Å². The molecule has 0 aromatic heterocycles. The number of esters is 1. The van der Waals surface area contributed by atoms with Crippen LogP contribution in [0.3, 0.4) is 0 Å². The fraction of sp³-hybridized carbons (Fsp3) is 0.957. The van der Waals surface area contributed by atoms with Gasteiger partial charge >= 0.3 is 5.97 Å². The Kier molecular flexibility index (Phi) is 4.92. The third-order valence-corrected chi connectivity index (χ3v) is 9.88. The van der Waals surface area contributed by atoms with E-state index in [-0.39, 0.29) is 23.4 Å². The van der Waals surface area contributed by atoms with E-state index in [1.165, 1.54) is 6.92 Å². The van der Waals surface area contributed by atoms with Gasteiger partial charge in [-0.1, -0.05) is 13.8 Å². The number of rotatable bonds is 2. The van der Waals surface area contributed by atoms with Gasteiger partial charge in [0.1, 0.15) is 11.7 Å². The highest BCUT2D eigenvalue weighted by Gasteiger charge is 2.69. The van der Waals surface area contributed by atoms with Crippen LogP contribution in [0.5, 0.6) is 0 Å². The Bertz CT molecular complexity index is 634. The number of aliphatic hydroxyl groups is 3. The Labute approximate surface area is 168 Å². The molecule has 4 aliphatic rings. The largest absolute Gasteiger partial charge is 0.463 e. The van der Waals surface area contributed by atoms with Crippen LogP contribution in [0.1, 0.15) is 79.1 Å². The zero-order valence-corrected chi connectivity index (χ0v) is 17.9. The van der Waals surface area contributed by atoms with E-state index >= 15 is 0 Å². The van der Waals surface area contributed by atoms with E-state index in [1.54, 1.807) is 6.92 Å². The first-order chi connectivity index (χ1) is 13.0. The molecule has 0 aromatic rings. The third kappa shape index (κ3) is 2.65. The van der Waals surface area contributed by atoms with Crippen LogP contribution in [0.25, 0.3) is 0 Å². The molecule has 0 spiro atoms. The van der Waals surface area contributed by atoms with Gasteiger partial charge in [-0.3, -0.25) is 4.79 Å². The van der Waals surface area contributed by atoms with Gasteiger partial charge in [0.25, 0.3) is 0 Å². The molecule has 0 radical (unpaired) electrons. The average Bonchev–Trinajstić information content (AvgIpc) is 2.83. The lowest BCUT2D eigenvalue weighted by Crippen LogP contribution is -2.61. The fourth-order valence-corrected chi connectivity index (χ4v) is 8.37. The summed E-state index contributed by atoms with van der Waals surface area (Å²) in [5.74, 6) is 1.75. The summed E-state index contributed by atoms with van der Waals surface area (Å²) in [6, 6.07) is 0. The van der Waals surface area contributed by atoms with Crippen LogP contribution in [0.15, 0.2) is 0 Å². The quantitative estimate of drug-likeness (QED) is 0.627. The number of fused-ring (bicyclic) bond motifs is 5. The molecule has 4 saturated carbocycles. The van der Waals surface area contributed by atoms with E-state index in [2.05, 4.69) is 13.8 Å².